The Morgan fingerprint density at radius 2 is 1.15 bits per heavy atom. The van der Waals surface area contributed by atoms with E-state index < -0.39 is 7.80 Å². The first kappa shape index (κ1) is 12.2. The van der Waals surface area contributed by atoms with Gasteiger partial charge in [0, 0.05) is 9.40 Å². The van der Waals surface area contributed by atoms with Crippen LogP contribution in [0.5, 0.6) is 0 Å². The standard InChI is InChI=1S/C16H10OPS2/c17-18(15-9-11-5-1-3-7-13(11)19-15)16-10-12-6-2-4-8-14(12)20-16/h1-10H. The molecule has 0 aliphatic carbocycles. The highest BCUT2D eigenvalue weighted by Gasteiger charge is 2.14. The van der Waals surface area contributed by atoms with Crippen molar-refractivity contribution in [3.05, 3.63) is 60.7 Å². The largest absolute Gasteiger partial charge is 0.275 e. The van der Waals surface area contributed by atoms with E-state index in [2.05, 4.69) is 36.4 Å². The van der Waals surface area contributed by atoms with Gasteiger partial charge in [0.2, 0.25) is 0 Å². The molecular weight excluding hydrogens is 303 g/mol. The van der Waals surface area contributed by atoms with Crippen LogP contribution in [0.15, 0.2) is 60.7 Å². The van der Waals surface area contributed by atoms with E-state index in [0.29, 0.717) is 0 Å². The highest BCUT2D eigenvalue weighted by Crippen LogP contribution is 2.33. The van der Waals surface area contributed by atoms with E-state index in [9.17, 15) is 4.57 Å². The molecule has 1 nitrogen and oxygen atoms in total. The second kappa shape index (κ2) is 4.78. The first-order valence-electron chi connectivity index (χ1n) is 6.26. The van der Waals surface area contributed by atoms with Gasteiger partial charge in [0.15, 0.2) is 7.80 Å². The Bertz CT molecular complexity index is 794. The fraction of sp³-hybridized carbons (Fsp3) is 0. The lowest BCUT2D eigenvalue weighted by Gasteiger charge is -1.91. The third-order valence-corrected chi connectivity index (χ3v) is 7.66. The Labute approximate surface area is 125 Å². The molecule has 0 atom stereocenters. The summed E-state index contributed by atoms with van der Waals surface area (Å²) in [4.78, 5) is 0. The molecule has 4 rings (SSSR count). The molecule has 2 aromatic carbocycles. The van der Waals surface area contributed by atoms with Gasteiger partial charge in [-0.1, -0.05) is 36.4 Å². The van der Waals surface area contributed by atoms with E-state index in [1.807, 2.05) is 24.3 Å². The normalized spacial score (nSPS) is 11.2. The molecule has 1 radical (unpaired) electrons. The minimum absolute atomic E-state index is 0.966. The third kappa shape index (κ3) is 1.99. The fourth-order valence-electron chi connectivity index (χ4n) is 2.24. The number of hydrogen-bond acceptors (Lipinski definition) is 3. The highest BCUT2D eigenvalue weighted by atomic mass is 32.1. The van der Waals surface area contributed by atoms with Gasteiger partial charge >= 0.3 is 0 Å². The van der Waals surface area contributed by atoms with E-state index in [1.165, 1.54) is 20.2 Å². The van der Waals surface area contributed by atoms with Crippen LogP contribution in [0.4, 0.5) is 0 Å². The van der Waals surface area contributed by atoms with E-state index in [1.54, 1.807) is 22.7 Å². The van der Waals surface area contributed by atoms with Crippen LogP contribution in [0.25, 0.3) is 20.2 Å². The van der Waals surface area contributed by atoms with Crippen LogP contribution in [0, 0.1) is 0 Å². The SMILES string of the molecule is O=[P](c1cc2ccccc2s1)c1cc2ccccc2s1. The van der Waals surface area contributed by atoms with Gasteiger partial charge in [-0.3, -0.25) is 4.57 Å². The summed E-state index contributed by atoms with van der Waals surface area (Å²) in [6, 6.07) is 20.5. The number of thiophene rings is 2. The summed E-state index contributed by atoms with van der Waals surface area (Å²) < 4.78 is 17.1. The van der Waals surface area contributed by atoms with Crippen molar-refractivity contribution >= 4 is 59.9 Å². The molecule has 97 valence electrons. The number of fused-ring (bicyclic) bond motifs is 2. The minimum atomic E-state index is -1.48. The van der Waals surface area contributed by atoms with Crippen molar-refractivity contribution in [1.82, 2.24) is 0 Å². The predicted octanol–water partition coefficient (Wildman–Crippen LogP) is 4.89. The topological polar surface area (TPSA) is 17.1 Å². The molecule has 0 saturated carbocycles. The molecule has 0 aliphatic rings. The van der Waals surface area contributed by atoms with Gasteiger partial charge in [0.05, 0.1) is 9.24 Å². The lowest BCUT2D eigenvalue weighted by molar-refractivity contribution is 0.598. The quantitative estimate of drug-likeness (QED) is 0.481. The molecule has 0 spiro atoms. The first-order chi connectivity index (χ1) is 9.81. The first-order valence-corrected chi connectivity index (χ1v) is 9.15. The molecule has 0 bridgehead atoms. The smallest absolute Gasteiger partial charge is 0.157 e. The van der Waals surface area contributed by atoms with Gasteiger partial charge < -0.3 is 0 Å². The average molecular weight is 313 g/mol. The zero-order valence-electron chi connectivity index (χ0n) is 10.4. The van der Waals surface area contributed by atoms with Crippen molar-refractivity contribution in [3.63, 3.8) is 0 Å². The Hall–Kier alpha value is -1.54. The summed E-state index contributed by atoms with van der Waals surface area (Å²) in [6.45, 7) is 0. The molecular formula is C16H10OPS2. The molecule has 20 heavy (non-hydrogen) atoms. The lowest BCUT2D eigenvalue weighted by atomic mass is 10.3. The number of hydrogen-bond donors (Lipinski definition) is 0. The maximum atomic E-state index is 12.8. The number of benzene rings is 2. The molecule has 0 aliphatic heterocycles. The summed E-state index contributed by atoms with van der Waals surface area (Å²) >= 11 is 3.27. The lowest BCUT2D eigenvalue weighted by Crippen LogP contribution is -1.97. The van der Waals surface area contributed by atoms with E-state index in [0.717, 1.165) is 9.24 Å². The van der Waals surface area contributed by atoms with Gasteiger partial charge in [-0.05, 0) is 35.0 Å². The Balaban J connectivity index is 1.82. The Morgan fingerprint density at radius 1 is 0.700 bits per heavy atom. The maximum absolute atomic E-state index is 12.8. The van der Waals surface area contributed by atoms with Gasteiger partial charge in [-0.25, -0.2) is 0 Å². The average Bonchev–Trinajstić information content (AvgIpc) is 3.10. The van der Waals surface area contributed by atoms with Crippen molar-refractivity contribution in [2.45, 2.75) is 0 Å². The van der Waals surface area contributed by atoms with E-state index in [4.69, 9.17) is 0 Å². The zero-order chi connectivity index (χ0) is 13.5. The second-order valence-electron chi connectivity index (χ2n) is 4.54. The Kier molecular flexibility index (Phi) is 2.92. The van der Waals surface area contributed by atoms with Crippen molar-refractivity contribution in [2.24, 2.45) is 0 Å². The molecule has 4 aromatic rings. The van der Waals surface area contributed by atoms with Crippen LogP contribution in [-0.2, 0) is 4.57 Å². The summed E-state index contributed by atoms with van der Waals surface area (Å²) in [5, 5.41) is 2.36. The van der Waals surface area contributed by atoms with Crippen LogP contribution in [0.1, 0.15) is 0 Å². The van der Waals surface area contributed by atoms with Crippen LogP contribution >= 0.6 is 30.5 Å². The van der Waals surface area contributed by atoms with Gasteiger partial charge in [0.1, 0.15) is 0 Å². The van der Waals surface area contributed by atoms with E-state index >= 15 is 0 Å². The van der Waals surface area contributed by atoms with Crippen LogP contribution in [0.3, 0.4) is 0 Å². The summed E-state index contributed by atoms with van der Waals surface area (Å²) in [6.07, 6.45) is 0. The fourth-order valence-corrected chi connectivity index (χ4v) is 6.60. The molecule has 0 saturated heterocycles. The molecule has 2 aromatic heterocycles. The molecule has 0 amide bonds. The molecule has 0 N–H and O–H groups in total. The Morgan fingerprint density at radius 3 is 1.60 bits per heavy atom. The predicted molar refractivity (Wildman–Crippen MR) is 90.5 cm³/mol. The zero-order valence-corrected chi connectivity index (χ0v) is 13.0. The van der Waals surface area contributed by atoms with Crippen molar-refractivity contribution in [2.75, 3.05) is 0 Å². The maximum Gasteiger partial charge on any atom is 0.157 e. The van der Waals surface area contributed by atoms with Crippen molar-refractivity contribution < 1.29 is 4.57 Å². The molecule has 0 fully saturated rings. The summed E-state index contributed by atoms with van der Waals surface area (Å²) in [5.41, 5.74) is 0. The third-order valence-electron chi connectivity index (χ3n) is 3.23. The van der Waals surface area contributed by atoms with Gasteiger partial charge in [-0.2, -0.15) is 0 Å². The summed E-state index contributed by atoms with van der Waals surface area (Å²) in [5.74, 6) is 0. The molecule has 2 heterocycles. The number of rotatable bonds is 2. The van der Waals surface area contributed by atoms with Crippen LogP contribution in [-0.4, -0.2) is 0 Å². The van der Waals surface area contributed by atoms with Crippen molar-refractivity contribution in [3.8, 4) is 0 Å². The second-order valence-corrected chi connectivity index (χ2v) is 8.86. The minimum Gasteiger partial charge on any atom is -0.275 e. The summed E-state index contributed by atoms with van der Waals surface area (Å²) in [7, 11) is -1.48. The van der Waals surface area contributed by atoms with Crippen LogP contribution < -0.4 is 9.24 Å². The van der Waals surface area contributed by atoms with E-state index in [-0.39, 0.29) is 0 Å². The molecule has 4 heteroatoms. The van der Waals surface area contributed by atoms with Gasteiger partial charge in [0.25, 0.3) is 0 Å². The van der Waals surface area contributed by atoms with Crippen LogP contribution in [0.2, 0.25) is 0 Å². The highest BCUT2D eigenvalue weighted by molar-refractivity contribution is 7.74. The monoisotopic (exact) mass is 313 g/mol. The molecule has 0 unspecified atom stereocenters. The van der Waals surface area contributed by atoms with Gasteiger partial charge in [-0.15, -0.1) is 22.7 Å². The van der Waals surface area contributed by atoms with Crippen molar-refractivity contribution in [1.29, 1.82) is 0 Å².